The van der Waals surface area contributed by atoms with Crippen molar-refractivity contribution >= 4 is 33.8 Å². The van der Waals surface area contributed by atoms with E-state index >= 15 is 0 Å². The van der Waals surface area contributed by atoms with Crippen LogP contribution in [0.5, 0.6) is 0 Å². The minimum Gasteiger partial charge on any atom is -0.376 e. The zero-order valence-electron chi connectivity index (χ0n) is 8.40. The molecule has 1 aromatic rings. The van der Waals surface area contributed by atoms with Gasteiger partial charge in [-0.05, 0) is 25.1 Å². The highest BCUT2D eigenvalue weighted by molar-refractivity contribution is 7.80. The van der Waals surface area contributed by atoms with Crippen LogP contribution in [-0.2, 0) is 0 Å². The van der Waals surface area contributed by atoms with Crippen LogP contribution in [0.1, 0.15) is 43.0 Å². The Kier molecular flexibility index (Phi) is 3.48. The van der Waals surface area contributed by atoms with Crippen LogP contribution in [0.25, 0.3) is 0 Å². The summed E-state index contributed by atoms with van der Waals surface area (Å²) in [5, 5.41) is 13.1. The van der Waals surface area contributed by atoms with E-state index in [4.69, 9.17) is 18.0 Å². The minimum atomic E-state index is 0.251. The molecule has 1 aromatic heterocycles. The zero-order chi connectivity index (χ0) is 10.7. The first kappa shape index (κ1) is 10.8. The van der Waals surface area contributed by atoms with Gasteiger partial charge >= 0.3 is 0 Å². The fourth-order valence-electron chi connectivity index (χ4n) is 1.90. The fourth-order valence-corrected chi connectivity index (χ4v) is 2.99. The summed E-state index contributed by atoms with van der Waals surface area (Å²) in [6.07, 6.45) is 6.45. The average Bonchev–Trinajstić information content (AvgIpc) is 2.67. The molecule has 3 N–H and O–H groups in total. The average molecular weight is 242 g/mol. The van der Waals surface area contributed by atoms with Crippen LogP contribution in [0.15, 0.2) is 0 Å². The van der Waals surface area contributed by atoms with E-state index in [0.29, 0.717) is 11.0 Å². The summed E-state index contributed by atoms with van der Waals surface area (Å²) in [7, 11) is 0. The predicted octanol–water partition coefficient (Wildman–Crippen LogP) is 2.24. The summed E-state index contributed by atoms with van der Waals surface area (Å²) in [5.41, 5.74) is 5.37. The van der Waals surface area contributed by atoms with Gasteiger partial charge in [-0.2, -0.15) is 0 Å². The Balaban J connectivity index is 2.02. The smallest absolute Gasteiger partial charge is 0.211 e. The van der Waals surface area contributed by atoms with Gasteiger partial charge in [0.05, 0.1) is 0 Å². The van der Waals surface area contributed by atoms with Crippen molar-refractivity contribution in [2.45, 2.75) is 38.0 Å². The van der Waals surface area contributed by atoms with E-state index in [0.717, 1.165) is 5.01 Å². The highest BCUT2D eigenvalue weighted by Crippen LogP contribution is 2.34. The van der Waals surface area contributed by atoms with Crippen LogP contribution in [-0.4, -0.2) is 15.3 Å². The van der Waals surface area contributed by atoms with Gasteiger partial charge < -0.3 is 11.1 Å². The molecule has 4 nitrogen and oxygen atoms in total. The van der Waals surface area contributed by atoms with Crippen molar-refractivity contribution in [3.8, 4) is 0 Å². The first-order valence-electron chi connectivity index (χ1n) is 5.15. The lowest BCUT2D eigenvalue weighted by molar-refractivity contribution is 0.440. The molecule has 0 bridgehead atoms. The molecule has 0 unspecified atom stereocenters. The Morgan fingerprint density at radius 2 is 2.07 bits per heavy atom. The highest BCUT2D eigenvalue weighted by Gasteiger charge is 2.19. The Morgan fingerprint density at radius 3 is 2.73 bits per heavy atom. The molecule has 0 aromatic carbocycles. The van der Waals surface area contributed by atoms with Gasteiger partial charge in [0, 0.05) is 5.92 Å². The van der Waals surface area contributed by atoms with E-state index in [2.05, 4.69) is 15.5 Å². The third-order valence-electron chi connectivity index (χ3n) is 2.63. The SMILES string of the molecule is NC(=S)Nc1nnc(C2CCCCC2)s1. The van der Waals surface area contributed by atoms with Gasteiger partial charge in [-0.25, -0.2) is 0 Å². The number of aromatic nitrogens is 2. The first-order chi connectivity index (χ1) is 7.25. The normalized spacial score (nSPS) is 17.6. The molecule has 1 fully saturated rings. The van der Waals surface area contributed by atoms with Gasteiger partial charge in [0.1, 0.15) is 5.01 Å². The number of anilines is 1. The van der Waals surface area contributed by atoms with Gasteiger partial charge in [0.15, 0.2) is 5.11 Å². The molecule has 0 saturated heterocycles. The Hall–Kier alpha value is -0.750. The standard InChI is InChI=1S/C9H14N4S2/c10-8(14)11-9-13-12-7(15-9)6-4-2-1-3-5-6/h6H,1-5H2,(H3,10,11,13,14). The molecule has 0 radical (unpaired) electrons. The molecule has 0 amide bonds. The van der Waals surface area contributed by atoms with Crippen molar-refractivity contribution in [2.75, 3.05) is 5.32 Å². The van der Waals surface area contributed by atoms with Gasteiger partial charge in [0.2, 0.25) is 5.13 Å². The minimum absolute atomic E-state index is 0.251. The van der Waals surface area contributed by atoms with Crippen LogP contribution < -0.4 is 11.1 Å². The van der Waals surface area contributed by atoms with Gasteiger partial charge in [-0.3, -0.25) is 0 Å². The van der Waals surface area contributed by atoms with E-state index in [1.807, 2.05) is 0 Å². The summed E-state index contributed by atoms with van der Waals surface area (Å²) >= 11 is 6.32. The Labute approximate surface area is 98.3 Å². The maximum Gasteiger partial charge on any atom is 0.211 e. The molecule has 1 aliphatic rings. The lowest BCUT2D eigenvalue weighted by Crippen LogP contribution is -2.18. The van der Waals surface area contributed by atoms with Crippen LogP contribution in [0.4, 0.5) is 5.13 Å². The van der Waals surface area contributed by atoms with Crippen molar-refractivity contribution in [2.24, 2.45) is 5.73 Å². The van der Waals surface area contributed by atoms with Gasteiger partial charge in [-0.15, -0.1) is 10.2 Å². The second-order valence-electron chi connectivity index (χ2n) is 3.77. The first-order valence-corrected chi connectivity index (χ1v) is 6.38. The lowest BCUT2D eigenvalue weighted by atomic mass is 9.90. The highest BCUT2D eigenvalue weighted by atomic mass is 32.1. The molecular formula is C9H14N4S2. The van der Waals surface area contributed by atoms with E-state index in [1.54, 1.807) is 11.3 Å². The largest absolute Gasteiger partial charge is 0.376 e. The van der Waals surface area contributed by atoms with Crippen molar-refractivity contribution < 1.29 is 0 Å². The number of nitrogens with one attached hydrogen (secondary N) is 1. The molecule has 6 heteroatoms. The third kappa shape index (κ3) is 2.85. The lowest BCUT2D eigenvalue weighted by Gasteiger charge is -2.18. The van der Waals surface area contributed by atoms with Crippen molar-refractivity contribution in [1.29, 1.82) is 0 Å². The molecule has 1 heterocycles. The zero-order valence-corrected chi connectivity index (χ0v) is 10.0. The molecule has 82 valence electrons. The van der Waals surface area contributed by atoms with Crippen LogP contribution in [0.2, 0.25) is 0 Å². The van der Waals surface area contributed by atoms with Crippen molar-refractivity contribution in [3.05, 3.63) is 5.01 Å². The topological polar surface area (TPSA) is 63.8 Å². The molecule has 0 spiro atoms. The quantitative estimate of drug-likeness (QED) is 0.779. The van der Waals surface area contributed by atoms with Crippen LogP contribution in [0, 0.1) is 0 Å². The van der Waals surface area contributed by atoms with Crippen LogP contribution >= 0.6 is 23.6 Å². The summed E-state index contributed by atoms with van der Waals surface area (Å²) in [4.78, 5) is 0. The molecule has 15 heavy (non-hydrogen) atoms. The summed E-state index contributed by atoms with van der Waals surface area (Å²) in [5.74, 6) is 0.596. The van der Waals surface area contributed by atoms with E-state index in [9.17, 15) is 0 Å². The van der Waals surface area contributed by atoms with Crippen molar-refractivity contribution in [3.63, 3.8) is 0 Å². The summed E-state index contributed by atoms with van der Waals surface area (Å²) < 4.78 is 0. The number of hydrogen-bond donors (Lipinski definition) is 2. The van der Waals surface area contributed by atoms with E-state index in [1.165, 1.54) is 32.1 Å². The Bertz CT molecular complexity index is 344. The monoisotopic (exact) mass is 242 g/mol. The third-order valence-corrected chi connectivity index (χ3v) is 3.73. The molecule has 0 atom stereocenters. The number of rotatable bonds is 2. The second kappa shape index (κ2) is 4.85. The maximum absolute atomic E-state index is 5.37. The molecule has 1 aliphatic carbocycles. The Morgan fingerprint density at radius 1 is 1.33 bits per heavy atom. The number of hydrogen-bond acceptors (Lipinski definition) is 4. The van der Waals surface area contributed by atoms with Crippen LogP contribution in [0.3, 0.4) is 0 Å². The molecule has 1 saturated carbocycles. The second-order valence-corrected chi connectivity index (χ2v) is 5.22. The number of nitrogens with two attached hydrogens (primary N) is 1. The van der Waals surface area contributed by atoms with Crippen molar-refractivity contribution in [1.82, 2.24) is 10.2 Å². The number of nitrogens with zero attached hydrogens (tertiary/aromatic N) is 2. The summed E-state index contributed by atoms with van der Waals surface area (Å²) in [6.45, 7) is 0. The van der Waals surface area contributed by atoms with E-state index < -0.39 is 0 Å². The van der Waals surface area contributed by atoms with Gasteiger partial charge in [0.25, 0.3) is 0 Å². The molecule has 0 aliphatic heterocycles. The molecule has 2 rings (SSSR count). The molecular weight excluding hydrogens is 228 g/mol. The fraction of sp³-hybridized carbons (Fsp3) is 0.667. The predicted molar refractivity (Wildman–Crippen MR) is 66.1 cm³/mol. The maximum atomic E-state index is 5.37. The van der Waals surface area contributed by atoms with E-state index in [-0.39, 0.29) is 5.11 Å². The summed E-state index contributed by atoms with van der Waals surface area (Å²) in [6, 6.07) is 0. The number of thiocarbonyl (C=S) groups is 1. The van der Waals surface area contributed by atoms with Gasteiger partial charge in [-0.1, -0.05) is 30.6 Å².